The summed E-state index contributed by atoms with van der Waals surface area (Å²) in [4.78, 5) is 123. The number of hydrogen-bond donors (Lipinski definition) is 5. The van der Waals surface area contributed by atoms with E-state index in [4.69, 9.17) is 20.3 Å². The van der Waals surface area contributed by atoms with Crippen molar-refractivity contribution in [1.82, 2.24) is 44.4 Å². The predicted molar refractivity (Wildman–Crippen MR) is 375 cm³/mol. The molecule has 6 bridgehead atoms. The average Bonchev–Trinajstić information content (AvgIpc) is 1.28. The monoisotopic (exact) mass is 1550 g/mol. The van der Waals surface area contributed by atoms with Crippen LogP contribution in [-0.4, -0.2) is 153 Å². The fourth-order valence-electron chi connectivity index (χ4n) is 14.0. The Labute approximate surface area is 626 Å². The van der Waals surface area contributed by atoms with Crippen molar-refractivity contribution in [3.8, 4) is 17.2 Å². The minimum absolute atomic E-state index is 0.0246. The number of rotatable bonds is 17. The number of amides is 6. The van der Waals surface area contributed by atoms with E-state index in [0.29, 0.717) is 101 Å². The second kappa shape index (κ2) is 34.9. The van der Waals surface area contributed by atoms with Crippen LogP contribution in [-0.2, 0) is 42.3 Å². The minimum Gasteiger partial charge on any atom is -0.503 e. The van der Waals surface area contributed by atoms with Crippen molar-refractivity contribution in [2.75, 3.05) is 60.6 Å². The summed E-state index contributed by atoms with van der Waals surface area (Å²) in [6, 6.07) is 20.0. The molecule has 5 N–H and O–H groups in total. The Bertz CT molecular complexity index is 5050. The highest BCUT2D eigenvalue weighted by molar-refractivity contribution is 6.01. The molecule has 6 atom stereocenters. The van der Waals surface area contributed by atoms with Crippen LogP contribution in [0, 0.1) is 52.4 Å². The third-order valence-corrected chi connectivity index (χ3v) is 19.7. The number of aromatic nitrogens is 3. The van der Waals surface area contributed by atoms with Crippen molar-refractivity contribution in [1.29, 1.82) is 0 Å². The molecule has 6 aliphatic rings. The van der Waals surface area contributed by atoms with E-state index in [1.54, 1.807) is 65.1 Å². The lowest BCUT2D eigenvalue weighted by molar-refractivity contribution is 0.0477. The Morgan fingerprint density at radius 2 is 0.757 bits per heavy atom. The standard InChI is InChI=1S/C28H26F3N3O5.C27H24F3N3O5.C21H20F3N3O5.CH3F/c1-38-19-8-7-18-12-33(13-19)28(37)24-26(39-15-16-5-3-2-4-6-16)25(35)21(14-34(18)24)27(36)32-11-20-22(30)9-17(29)10-23(20)31;28-16-8-21(29)19(22(30)9-16)10-31-26(36)20-13-33-17-6-7-18(34)12-32(11-17)27(37)23(33)25(24(20)35)38-14-15-4-2-1-3-5-15;1-32-12-3-2-11-7-26(8-12)21(31)17-19(29)18(28)14(9-27(11)17)20(30)25-6-13-15(23)4-10(22)5-16(13)24;1-2/h2-6,9-10,14,18-19H,7-8,11-13,15H2,1H3,(H,32,36);1-5,8-9,13,17-18,34H,6-7,10-12,14H2,(H,31,36);4-5,9,11-12,29H,2-3,6-8H2,1H3,(H,25,30);1H3/t18-,19-;17-,18-;11-,12-;/m000./s1/i;;;1D. The Hall–Kier alpha value is -11.7. The number of halogens is 10. The van der Waals surface area contributed by atoms with E-state index in [1.165, 1.54) is 44.6 Å². The lowest BCUT2D eigenvalue weighted by Gasteiger charge is -2.35. The molecule has 0 radical (unpaired) electrons. The number of aliphatic hydroxyl groups is 1. The van der Waals surface area contributed by atoms with Crippen molar-refractivity contribution in [2.24, 2.45) is 0 Å². The summed E-state index contributed by atoms with van der Waals surface area (Å²) in [7, 11) is 2.11. The summed E-state index contributed by atoms with van der Waals surface area (Å²) >= 11 is 0. The first-order chi connectivity index (χ1) is 53.6. The summed E-state index contributed by atoms with van der Waals surface area (Å²) in [6.45, 7) is -0.254. The summed E-state index contributed by atoms with van der Waals surface area (Å²) in [5.41, 5.74) is -4.42. The van der Waals surface area contributed by atoms with E-state index < -0.39 is 165 Å². The summed E-state index contributed by atoms with van der Waals surface area (Å²) in [6.07, 6.45) is 5.96. The van der Waals surface area contributed by atoms with Gasteiger partial charge < -0.3 is 73.5 Å². The van der Waals surface area contributed by atoms with E-state index in [0.717, 1.165) is 11.1 Å². The quantitative estimate of drug-likeness (QED) is 0.0532. The molecule has 6 aliphatic heterocycles. The number of carbonyl (C=O) groups excluding carboxylic acids is 6. The van der Waals surface area contributed by atoms with Crippen LogP contribution in [0.25, 0.3) is 0 Å². The largest absolute Gasteiger partial charge is 0.503 e. The van der Waals surface area contributed by atoms with Gasteiger partial charge in [0.05, 0.1) is 45.0 Å². The first-order valence-corrected chi connectivity index (χ1v) is 34.7. The highest BCUT2D eigenvalue weighted by Crippen LogP contribution is 2.37. The molecule has 6 amide bonds. The second-order valence-electron chi connectivity index (χ2n) is 26.7. The lowest BCUT2D eigenvalue weighted by Crippen LogP contribution is -2.46. The molecule has 111 heavy (non-hydrogen) atoms. The van der Waals surface area contributed by atoms with Crippen molar-refractivity contribution in [3.63, 3.8) is 0 Å². The highest BCUT2D eigenvalue weighted by atomic mass is 19.2. The van der Waals surface area contributed by atoms with Crippen molar-refractivity contribution in [3.05, 3.63) is 260 Å². The molecule has 14 rings (SSSR count). The molecule has 586 valence electrons. The number of carbonyl (C=O) groups is 6. The molecule has 5 aromatic carbocycles. The zero-order valence-electron chi connectivity index (χ0n) is 60.3. The maximum absolute atomic E-state index is 14.1. The number of nitrogens with zero attached hydrogens (tertiary/aromatic N) is 6. The summed E-state index contributed by atoms with van der Waals surface area (Å²) in [5, 5.41) is 27.6. The fraction of sp³-hybridized carbons (Fsp3) is 0.338. The Kier molecular flexibility index (Phi) is 24.8. The number of ether oxygens (including phenoxy) is 4. The van der Waals surface area contributed by atoms with Gasteiger partial charge in [0.1, 0.15) is 82.3 Å². The zero-order chi connectivity index (χ0) is 80.5. The van der Waals surface area contributed by atoms with Gasteiger partial charge in [-0.3, -0.25) is 47.5 Å². The van der Waals surface area contributed by atoms with Crippen LogP contribution in [0.4, 0.5) is 43.9 Å². The molecule has 0 saturated carbocycles. The van der Waals surface area contributed by atoms with E-state index in [1.807, 2.05) is 12.1 Å². The molecule has 8 aromatic rings. The predicted octanol–water partition coefficient (Wildman–Crippen LogP) is 8.80. The van der Waals surface area contributed by atoms with Gasteiger partial charge in [0.2, 0.25) is 16.3 Å². The van der Waals surface area contributed by atoms with Gasteiger partial charge in [-0.1, -0.05) is 60.7 Å². The zero-order valence-corrected chi connectivity index (χ0v) is 59.3. The molecular formula is C77H73F10N9O15. The lowest BCUT2D eigenvalue weighted by atomic mass is 10.0. The molecule has 3 aromatic heterocycles. The maximum atomic E-state index is 14.1. The third kappa shape index (κ3) is 17.5. The van der Waals surface area contributed by atoms with E-state index in [2.05, 4.69) is 16.0 Å². The Balaban J connectivity index is 0.000000164. The minimum atomic E-state index is -1.19. The molecular weight excluding hydrogens is 1480 g/mol. The number of benzene rings is 5. The topological polar surface area (TPSA) is 292 Å². The van der Waals surface area contributed by atoms with Crippen LogP contribution < -0.4 is 41.7 Å². The van der Waals surface area contributed by atoms with Gasteiger partial charge in [-0.05, 0) is 49.7 Å². The van der Waals surface area contributed by atoms with E-state index in [9.17, 15) is 97.3 Å². The van der Waals surface area contributed by atoms with E-state index >= 15 is 0 Å². The van der Waals surface area contributed by atoms with Crippen LogP contribution in [0.2, 0.25) is 0 Å². The van der Waals surface area contributed by atoms with Crippen LogP contribution in [0.3, 0.4) is 0 Å². The molecule has 0 unspecified atom stereocenters. The van der Waals surface area contributed by atoms with Crippen molar-refractivity contribution >= 4 is 35.4 Å². The van der Waals surface area contributed by atoms with Crippen LogP contribution in [0.15, 0.2) is 130 Å². The van der Waals surface area contributed by atoms with Gasteiger partial charge in [0, 0.05) is 145 Å². The fourth-order valence-corrected chi connectivity index (χ4v) is 14.0. The third-order valence-electron chi connectivity index (χ3n) is 19.7. The van der Waals surface area contributed by atoms with Gasteiger partial charge >= 0.3 is 0 Å². The van der Waals surface area contributed by atoms with Gasteiger partial charge in [-0.25, -0.2) is 39.5 Å². The van der Waals surface area contributed by atoms with Crippen LogP contribution >= 0.6 is 0 Å². The van der Waals surface area contributed by atoms with Gasteiger partial charge in [-0.15, -0.1) is 0 Å². The number of pyridine rings is 3. The van der Waals surface area contributed by atoms with E-state index in [-0.39, 0.29) is 96.3 Å². The number of aromatic hydroxyl groups is 1. The Morgan fingerprint density at radius 3 is 1.10 bits per heavy atom. The smallest absolute Gasteiger partial charge is 0.274 e. The molecule has 9 heterocycles. The number of aliphatic hydroxyl groups excluding tert-OH is 1. The van der Waals surface area contributed by atoms with Gasteiger partial charge in [0.15, 0.2) is 34.3 Å². The molecule has 0 spiro atoms. The molecule has 24 nitrogen and oxygen atoms in total. The summed E-state index contributed by atoms with van der Waals surface area (Å²) < 4.78 is 166. The molecule has 34 heteroatoms. The highest BCUT2D eigenvalue weighted by Gasteiger charge is 2.43. The number of fused-ring (bicyclic) bond motifs is 12. The first-order valence-electron chi connectivity index (χ1n) is 35.4. The second-order valence-corrected chi connectivity index (χ2v) is 26.7. The molecule has 3 saturated heterocycles. The SMILES string of the molecule is CO[C@H]1CC[C@H]2CN(C1)C(=O)c1c(O)c(=O)c(C(=O)NCc3c(F)cc(F)cc3F)cn12.CO[C@H]1CC[C@H]2CN(C1)C(=O)c1c(OCc3ccccc3)c(=O)c(C(=O)NCc3c(F)cc(F)cc3F)cn12.O=C(NCc1c(F)cc(F)cc1F)c1cn2c(c(OCc3ccccc3)c1=O)C(=O)N1C[C@@H](O)CC[C@H]2C1.[2H]CF. The van der Waals surface area contributed by atoms with Gasteiger partial charge in [0.25, 0.3) is 35.4 Å². The summed E-state index contributed by atoms with van der Waals surface area (Å²) in [5.74, 6) is -16.2. The average molecular weight is 1560 g/mol. The van der Waals surface area contributed by atoms with Crippen molar-refractivity contribution in [2.45, 2.75) is 108 Å². The van der Waals surface area contributed by atoms with Gasteiger partial charge in [-0.2, -0.15) is 0 Å². The van der Waals surface area contributed by atoms with Crippen LogP contribution in [0.1, 0.15) is 148 Å². The number of hydrogen-bond acceptors (Lipinski definition) is 15. The number of methoxy groups -OCH3 is 2. The van der Waals surface area contributed by atoms with Crippen molar-refractivity contribution < 1.29 is 103 Å². The molecule has 0 aliphatic carbocycles. The van der Waals surface area contributed by atoms with Crippen LogP contribution in [0.5, 0.6) is 17.2 Å². The molecule has 3 fully saturated rings. The maximum Gasteiger partial charge on any atom is 0.274 e. The normalized spacial score (nSPS) is 18.7. The number of nitrogens with one attached hydrogen (secondary N) is 3. The number of alkyl halides is 1. The Morgan fingerprint density at radius 1 is 0.450 bits per heavy atom. The first kappa shape index (κ1) is 78.9.